The number of likely N-dealkylation sites (tertiary alicyclic amines) is 1. The lowest BCUT2D eigenvalue weighted by molar-refractivity contribution is -0.0431. The molecule has 1 fully saturated rings. The zero-order valence-electron chi connectivity index (χ0n) is 12.1. The van der Waals surface area contributed by atoms with E-state index in [1.54, 1.807) is 0 Å². The largest absolute Gasteiger partial charge is 0.449 e. The van der Waals surface area contributed by atoms with Crippen LogP contribution in [0.25, 0.3) is 0 Å². The van der Waals surface area contributed by atoms with Gasteiger partial charge < -0.3 is 9.47 Å². The average Bonchev–Trinajstić information content (AvgIpc) is 2.65. The zero-order chi connectivity index (χ0) is 13.5. The van der Waals surface area contributed by atoms with E-state index in [0.717, 1.165) is 24.0 Å². The summed E-state index contributed by atoms with van der Waals surface area (Å²) in [5.74, 6) is 2.10. The third kappa shape index (κ3) is 2.86. The van der Waals surface area contributed by atoms with Gasteiger partial charge in [0, 0.05) is 20.4 Å². The van der Waals surface area contributed by atoms with Crippen LogP contribution in [0.3, 0.4) is 0 Å². The third-order valence-corrected chi connectivity index (χ3v) is 4.00. The molecule has 0 spiro atoms. The van der Waals surface area contributed by atoms with Gasteiger partial charge in [-0.25, -0.2) is 0 Å². The zero-order valence-corrected chi connectivity index (χ0v) is 12.1. The van der Waals surface area contributed by atoms with Crippen LogP contribution in [0.4, 0.5) is 0 Å². The molecule has 0 unspecified atom stereocenters. The van der Waals surface area contributed by atoms with Gasteiger partial charge in [-0.05, 0) is 49.5 Å². The van der Waals surface area contributed by atoms with E-state index in [9.17, 15) is 0 Å². The van der Waals surface area contributed by atoms with E-state index in [1.807, 2.05) is 19.9 Å². The molecular weight excluding hydrogens is 238 g/mol. The van der Waals surface area contributed by atoms with E-state index in [4.69, 9.17) is 9.47 Å². The van der Waals surface area contributed by atoms with E-state index in [0.29, 0.717) is 0 Å². The van der Waals surface area contributed by atoms with Crippen molar-refractivity contribution in [3.05, 3.63) is 23.8 Å². The van der Waals surface area contributed by atoms with Gasteiger partial charge in [-0.3, -0.25) is 4.90 Å². The molecular formula is C16H23NO2. The molecule has 0 aromatic heterocycles. The van der Waals surface area contributed by atoms with Crippen LogP contribution in [0.5, 0.6) is 11.5 Å². The number of fused-ring (bicyclic) bond motifs is 1. The van der Waals surface area contributed by atoms with Gasteiger partial charge in [-0.15, -0.1) is 0 Å². The first-order valence-corrected chi connectivity index (χ1v) is 7.25. The summed E-state index contributed by atoms with van der Waals surface area (Å²) in [5, 5.41) is 0. The molecule has 2 aliphatic rings. The lowest BCUT2D eigenvalue weighted by Crippen LogP contribution is -2.32. The molecule has 0 bridgehead atoms. The molecule has 3 nitrogen and oxygen atoms in total. The van der Waals surface area contributed by atoms with Gasteiger partial charge in [0.25, 0.3) is 0 Å². The number of hydrogen-bond donors (Lipinski definition) is 0. The van der Waals surface area contributed by atoms with Crippen LogP contribution in [0, 0.1) is 5.92 Å². The van der Waals surface area contributed by atoms with Crippen molar-refractivity contribution in [2.75, 3.05) is 13.1 Å². The van der Waals surface area contributed by atoms with Crippen molar-refractivity contribution in [2.45, 2.75) is 45.9 Å². The molecule has 0 aliphatic carbocycles. The third-order valence-electron chi connectivity index (χ3n) is 4.00. The Kier molecular flexibility index (Phi) is 3.17. The van der Waals surface area contributed by atoms with E-state index < -0.39 is 5.79 Å². The minimum absolute atomic E-state index is 0.526. The highest BCUT2D eigenvalue weighted by molar-refractivity contribution is 5.45. The van der Waals surface area contributed by atoms with Gasteiger partial charge >= 0.3 is 0 Å². The second kappa shape index (κ2) is 4.71. The summed E-state index contributed by atoms with van der Waals surface area (Å²) in [6.07, 6.45) is 2.63. The highest BCUT2D eigenvalue weighted by Gasteiger charge is 2.31. The molecule has 3 heteroatoms. The van der Waals surface area contributed by atoms with Crippen LogP contribution < -0.4 is 9.47 Å². The molecule has 2 heterocycles. The van der Waals surface area contributed by atoms with Crippen LogP contribution in [0.1, 0.15) is 39.2 Å². The monoisotopic (exact) mass is 261 g/mol. The molecule has 1 aromatic rings. The van der Waals surface area contributed by atoms with E-state index in [2.05, 4.69) is 24.0 Å². The average molecular weight is 261 g/mol. The fourth-order valence-electron chi connectivity index (χ4n) is 2.84. The molecule has 2 aliphatic heterocycles. The summed E-state index contributed by atoms with van der Waals surface area (Å²) in [7, 11) is 0. The Morgan fingerprint density at radius 3 is 2.58 bits per heavy atom. The summed E-state index contributed by atoms with van der Waals surface area (Å²) >= 11 is 0. The molecule has 0 amide bonds. The van der Waals surface area contributed by atoms with Gasteiger partial charge in [0.05, 0.1) is 0 Å². The van der Waals surface area contributed by atoms with Crippen LogP contribution in [-0.2, 0) is 6.54 Å². The van der Waals surface area contributed by atoms with Crippen molar-refractivity contribution in [1.82, 2.24) is 4.90 Å². The number of piperidine rings is 1. The second-order valence-electron chi connectivity index (χ2n) is 6.34. The molecule has 104 valence electrons. The van der Waals surface area contributed by atoms with E-state index >= 15 is 0 Å². The summed E-state index contributed by atoms with van der Waals surface area (Å²) in [6.45, 7) is 9.67. The van der Waals surface area contributed by atoms with Gasteiger partial charge in [-0.2, -0.15) is 0 Å². The SMILES string of the molecule is CC1CCN(Cc2ccc3c(c2)OC(C)(C)O3)CC1. The number of rotatable bonds is 2. The maximum absolute atomic E-state index is 5.80. The second-order valence-corrected chi connectivity index (χ2v) is 6.34. The Balaban J connectivity index is 1.67. The number of ether oxygens (including phenoxy) is 2. The van der Waals surface area contributed by atoms with Crippen LogP contribution in [0.2, 0.25) is 0 Å². The Morgan fingerprint density at radius 1 is 1.16 bits per heavy atom. The van der Waals surface area contributed by atoms with Gasteiger partial charge in [-0.1, -0.05) is 13.0 Å². The highest BCUT2D eigenvalue weighted by atomic mass is 16.7. The molecule has 3 rings (SSSR count). The molecule has 0 saturated carbocycles. The van der Waals surface area contributed by atoms with Crippen LogP contribution in [0.15, 0.2) is 18.2 Å². The van der Waals surface area contributed by atoms with Crippen LogP contribution >= 0.6 is 0 Å². The molecule has 19 heavy (non-hydrogen) atoms. The maximum atomic E-state index is 5.80. The normalized spacial score (nSPS) is 22.7. The predicted octanol–water partition coefficient (Wildman–Crippen LogP) is 3.43. The van der Waals surface area contributed by atoms with Crippen molar-refractivity contribution < 1.29 is 9.47 Å². The molecule has 0 N–H and O–H groups in total. The summed E-state index contributed by atoms with van der Waals surface area (Å²) in [6, 6.07) is 6.32. The predicted molar refractivity (Wildman–Crippen MR) is 75.5 cm³/mol. The first-order chi connectivity index (χ1) is 9.02. The van der Waals surface area contributed by atoms with E-state index in [1.165, 1.54) is 31.5 Å². The number of benzene rings is 1. The highest BCUT2D eigenvalue weighted by Crippen LogP contribution is 2.39. The first-order valence-electron chi connectivity index (χ1n) is 7.25. The summed E-state index contributed by atoms with van der Waals surface area (Å²) < 4.78 is 11.5. The summed E-state index contributed by atoms with van der Waals surface area (Å²) in [4.78, 5) is 2.53. The van der Waals surface area contributed by atoms with Gasteiger partial charge in [0.15, 0.2) is 11.5 Å². The summed E-state index contributed by atoms with van der Waals surface area (Å²) in [5.41, 5.74) is 1.31. The fourth-order valence-corrected chi connectivity index (χ4v) is 2.84. The Labute approximate surface area is 115 Å². The molecule has 0 atom stereocenters. The Hall–Kier alpha value is -1.22. The van der Waals surface area contributed by atoms with Crippen molar-refractivity contribution >= 4 is 0 Å². The quantitative estimate of drug-likeness (QED) is 0.814. The minimum Gasteiger partial charge on any atom is -0.449 e. The Morgan fingerprint density at radius 2 is 1.84 bits per heavy atom. The van der Waals surface area contributed by atoms with Crippen molar-refractivity contribution in [3.63, 3.8) is 0 Å². The fraction of sp³-hybridized carbons (Fsp3) is 0.625. The lowest BCUT2D eigenvalue weighted by atomic mass is 9.99. The lowest BCUT2D eigenvalue weighted by Gasteiger charge is -2.30. The van der Waals surface area contributed by atoms with Crippen molar-refractivity contribution in [2.24, 2.45) is 5.92 Å². The van der Waals surface area contributed by atoms with E-state index in [-0.39, 0.29) is 0 Å². The van der Waals surface area contributed by atoms with Crippen molar-refractivity contribution in [1.29, 1.82) is 0 Å². The smallest absolute Gasteiger partial charge is 0.246 e. The molecule has 1 aromatic carbocycles. The topological polar surface area (TPSA) is 21.7 Å². The number of nitrogens with zero attached hydrogens (tertiary/aromatic N) is 1. The standard InChI is InChI=1S/C16H23NO2/c1-12-6-8-17(9-7-12)11-13-4-5-14-15(10-13)19-16(2,3)18-14/h4-5,10,12H,6-9,11H2,1-3H3. The number of hydrogen-bond acceptors (Lipinski definition) is 3. The van der Waals surface area contributed by atoms with Gasteiger partial charge in [0.1, 0.15) is 0 Å². The Bertz CT molecular complexity index is 462. The molecule has 1 saturated heterocycles. The van der Waals surface area contributed by atoms with Crippen molar-refractivity contribution in [3.8, 4) is 11.5 Å². The first kappa shape index (κ1) is 12.8. The minimum atomic E-state index is -0.526. The van der Waals surface area contributed by atoms with Gasteiger partial charge in [0.2, 0.25) is 5.79 Å². The molecule has 0 radical (unpaired) electrons. The maximum Gasteiger partial charge on any atom is 0.246 e. The van der Waals surface area contributed by atoms with Crippen LogP contribution in [-0.4, -0.2) is 23.8 Å².